The fourth-order valence-electron chi connectivity index (χ4n) is 10.1. The molecule has 5 aromatic heterocycles. The molecule has 10 aromatic rings. The summed E-state index contributed by atoms with van der Waals surface area (Å²) in [5, 5.41) is 41.1. The van der Waals surface area contributed by atoms with Crippen molar-refractivity contribution in [3.8, 4) is 0 Å². The summed E-state index contributed by atoms with van der Waals surface area (Å²) in [6.45, 7) is 36.4. The van der Waals surface area contributed by atoms with E-state index < -0.39 is 73.0 Å². The van der Waals surface area contributed by atoms with Gasteiger partial charge in [0.25, 0.3) is 6.47 Å². The smallest absolute Gasteiger partial charge is 1.00 e. The number of anilines is 10. The molecule has 40 nitrogen and oxygen atoms in total. The molecule has 4 amide bonds. The number of ether oxygens (including phenoxy) is 6. The number of halogens is 3. The second-order valence-corrected chi connectivity index (χ2v) is 32.9. The van der Waals surface area contributed by atoms with Gasteiger partial charge >= 0.3 is 164 Å². The molecule has 140 heavy (non-hydrogen) atoms. The second kappa shape index (κ2) is 68.8. The zero-order valence-corrected chi connectivity index (χ0v) is 91.2. The standard InChI is InChI=1S/C20H26N4O3.C19H24N4O4.C18H22N4O4.C15H18N4O.C10H14BrN3O2.C9H11NO2.2CH3F.CH2O3.2K.Li.H2O.H/c1-6-17(25)14-8-7-13(2)16(9-14)22-10-15-11-23-18(12-21-15)24-19(26)27-20(3,4)5;1-12-6-7-13(17(24)26-5)8-15(12)21-9-14-10-22-16(11-20-14)23-18(25)27-19(2,3)4;1-11-5-6-12(16(23)24)7-14(11)20-8-13-9-21-15(10-19-13)22-17(25)26-18(2,3)4;1-3-14(20)11-5-4-10(2)13(6-11)18-7-12-8-19-15(16)9-17-12;1-10(2,3)16-9(15)14-8-12-5-7(4-11)6-13-8;1-6-3-4-7(5-8(6)10)9(11)12-2;2*1-2;2-1-4-3;;;;;/h7-9,11-12,22H,6,10H2,1-5H3,(H,23,24,26);6-8,10-11,21H,9H2,1-5H3,(H,22,23,25);5-7,9-10,20H,8H2,1-4H3,(H,23,24)(H,21,22,25);4-6,8-9,18H,3,7H2,1-2H3,(H2,16,19);5-6H,4H2,1-3H3,(H,12,13,14,15);3-5H,10H2,1-2H3;2*1H3;1,3H;;;;1H2;/q;;;;;;;;;3*+1;;-1/p-2/i;;;;;;2*1D;;;;;;. The number of rotatable bonds is 25. The fraction of sp³-hybridized carbons (Fsp3) is 0.362. The zero-order chi connectivity index (χ0) is 104. The first-order valence-corrected chi connectivity index (χ1v) is 42.5. The van der Waals surface area contributed by atoms with E-state index in [0.717, 1.165) is 61.7 Å². The number of aromatic carboxylic acids is 1. The molecule has 5 aromatic carbocycles. The minimum Gasteiger partial charge on any atom is -1.00 e. The van der Waals surface area contributed by atoms with Crippen molar-refractivity contribution in [3.05, 3.63) is 237 Å². The van der Waals surface area contributed by atoms with Crippen LogP contribution in [0, 0.1) is 34.6 Å². The van der Waals surface area contributed by atoms with Gasteiger partial charge in [-0.1, -0.05) is 72.2 Å². The molecular weight excluding hydrogens is 1930 g/mol. The number of nitrogens with two attached hydrogens (primary N) is 2. The molecule has 0 radical (unpaired) electrons. The van der Waals surface area contributed by atoms with Gasteiger partial charge in [0.1, 0.15) is 28.2 Å². The number of hydrogen-bond donors (Lipinski definition) is 11. The number of carboxylic acids is 1. The van der Waals surface area contributed by atoms with Crippen LogP contribution in [0.5, 0.6) is 0 Å². The number of hydrogen-bond acceptors (Lipinski definition) is 35. The van der Waals surface area contributed by atoms with E-state index in [-0.39, 0.29) is 170 Å². The van der Waals surface area contributed by atoms with Crippen LogP contribution in [0.25, 0.3) is 0 Å². The first kappa shape index (κ1) is 129. The van der Waals surface area contributed by atoms with Crippen molar-refractivity contribution >= 4 is 134 Å². The van der Waals surface area contributed by atoms with Crippen LogP contribution >= 0.6 is 15.9 Å². The van der Waals surface area contributed by atoms with Crippen molar-refractivity contribution in [1.29, 1.82) is 0 Å². The van der Waals surface area contributed by atoms with E-state index in [2.05, 4.69) is 118 Å². The van der Waals surface area contributed by atoms with Gasteiger partial charge in [-0.3, -0.25) is 64.4 Å². The number of carbonyl (C=O) groups is 10. The van der Waals surface area contributed by atoms with E-state index in [4.69, 9.17) is 53.1 Å². The third-order valence-corrected chi connectivity index (χ3v) is 17.3. The molecule has 0 saturated carbocycles. The van der Waals surface area contributed by atoms with Gasteiger partial charge in [0.2, 0.25) is 5.95 Å². The van der Waals surface area contributed by atoms with E-state index in [1.165, 1.54) is 45.2 Å². The van der Waals surface area contributed by atoms with Crippen molar-refractivity contribution in [2.75, 3.05) is 82.5 Å². The molecule has 744 valence electrons. The van der Waals surface area contributed by atoms with Crippen LogP contribution in [-0.2, 0) is 69.6 Å². The third-order valence-electron chi connectivity index (χ3n) is 16.7. The molecule has 0 atom stereocenters. The fourth-order valence-corrected chi connectivity index (χ4v) is 10.4. The van der Waals surface area contributed by atoms with Gasteiger partial charge in [-0.2, -0.15) is 0 Å². The molecule has 10 rings (SSSR count). The number of nitrogens with one attached hydrogen (secondary N) is 8. The SMILES string of the molecule is CC(C)(C)OC(=O)Nc1ncc(CBr)cn1.CCC(=O)c1ccc(C)c(NCc2cnc(N)cn2)c1.CCC(=O)c1ccc(C)c(NCc2cnc(NC(=O)OC(C)(C)C)cn2)c1.COC(=O)c1ccc(C)c(N)c1.COC(=O)c1ccc(C)c(NCc2cnc(NC(=O)OC(C)(C)C)cn2)c1.Cc1ccc(C(=O)O)cc1NCc1cnc(NC(=O)OC(C)(C)C)cn1.O=CO[O-].[2H]CF.[2H]CF.[H-].[K+].[K+].[Li+].[OH-]. The topological polar surface area (TPSA) is 586 Å². The largest absolute Gasteiger partial charge is 1.00 e. The van der Waals surface area contributed by atoms with Crippen LogP contribution < -0.4 is 181 Å². The number of aromatic nitrogens is 10. The zero-order valence-electron chi connectivity index (χ0n) is 86.4. The number of aryl methyl sites for hydroxylation is 5. The van der Waals surface area contributed by atoms with E-state index in [9.17, 15) is 51.9 Å². The van der Waals surface area contributed by atoms with E-state index in [0.29, 0.717) is 107 Å². The van der Waals surface area contributed by atoms with Gasteiger partial charge in [-0.15, -0.1) is 0 Å². The Bertz CT molecular complexity index is 5420. The number of esters is 2. The number of nitrogens with zero attached hydrogens (tertiary/aromatic N) is 10. The number of carbonyl (C=O) groups excluding carboxylic acids is 9. The first-order valence-electron chi connectivity index (χ1n) is 42.8. The van der Waals surface area contributed by atoms with Gasteiger partial charge in [0.15, 0.2) is 29.0 Å². The number of Topliss-reactive ketones (excluding diaryl/α,β-unsaturated/α-hetero) is 2. The first-order chi connectivity index (χ1) is 64.9. The van der Waals surface area contributed by atoms with Crippen LogP contribution in [0.1, 0.15) is 222 Å². The molecule has 0 aliphatic heterocycles. The average Bonchev–Trinajstić information content (AvgIpc) is 0.848. The summed E-state index contributed by atoms with van der Waals surface area (Å²) in [6.07, 6.45) is 14.1. The van der Waals surface area contributed by atoms with Crippen molar-refractivity contribution in [3.63, 3.8) is 0 Å². The van der Waals surface area contributed by atoms with E-state index in [1.54, 1.807) is 163 Å². The van der Waals surface area contributed by atoms with E-state index in [1.807, 2.05) is 90.9 Å². The second-order valence-electron chi connectivity index (χ2n) is 32.3. The molecule has 0 bridgehead atoms. The molecule has 0 unspecified atom stereocenters. The van der Waals surface area contributed by atoms with Crippen LogP contribution in [0.4, 0.5) is 85.6 Å². The maximum atomic E-state index is 11.9. The number of carboxylic acid groups (broad SMARTS) is 1. The minimum absolute atomic E-state index is 0. The number of nitrogen functional groups attached to an aromatic ring is 2. The van der Waals surface area contributed by atoms with Crippen LogP contribution in [0.2, 0.25) is 0 Å². The quantitative estimate of drug-likeness (QED) is 0.00294. The summed E-state index contributed by atoms with van der Waals surface area (Å²) in [7, 11) is 0.691. The van der Waals surface area contributed by atoms with Crippen LogP contribution in [-0.4, -0.2) is 172 Å². The summed E-state index contributed by atoms with van der Waals surface area (Å²) in [5.74, 6) is 0.0568. The minimum atomic E-state index is -1.00. The Balaban J connectivity index is -0.000000801. The molecule has 0 spiro atoms. The number of methoxy groups -OCH3 is 2. The van der Waals surface area contributed by atoms with Crippen molar-refractivity contribution in [2.24, 2.45) is 0 Å². The molecule has 5 heterocycles. The average molecular weight is 2060 g/mol. The molecule has 0 aliphatic carbocycles. The molecule has 0 aliphatic rings. The number of ketones is 2. The monoisotopic (exact) mass is 2060 g/mol. The van der Waals surface area contributed by atoms with E-state index >= 15 is 0 Å². The summed E-state index contributed by atoms with van der Waals surface area (Å²) in [4.78, 5) is 156. The summed E-state index contributed by atoms with van der Waals surface area (Å²) >= 11 is 3.28. The van der Waals surface area contributed by atoms with Crippen molar-refractivity contribution < 1.29 is 232 Å². The number of alkyl halides is 3. The predicted molar refractivity (Wildman–Crippen MR) is 519 cm³/mol. The normalized spacial score (nSPS) is 10.2. The summed E-state index contributed by atoms with van der Waals surface area (Å²) in [5.41, 5.74) is 24.1. The predicted octanol–water partition coefficient (Wildman–Crippen LogP) is 8.52. The summed E-state index contributed by atoms with van der Waals surface area (Å²) < 4.78 is 60.8. The van der Waals surface area contributed by atoms with Gasteiger partial charge in [0.05, 0.1) is 146 Å². The maximum absolute atomic E-state index is 11.9. The van der Waals surface area contributed by atoms with Crippen LogP contribution in [0.3, 0.4) is 0 Å². The Morgan fingerprint density at radius 2 is 0.707 bits per heavy atom. The molecule has 0 saturated heterocycles. The Hall–Kier alpha value is -11.3. The van der Waals surface area contributed by atoms with Crippen molar-refractivity contribution in [2.45, 2.75) is 198 Å². The van der Waals surface area contributed by atoms with Gasteiger partial charge in [-0.05, 0) is 200 Å². The van der Waals surface area contributed by atoms with Gasteiger partial charge in [-0.25, -0.2) is 63.5 Å². The van der Waals surface area contributed by atoms with Gasteiger partial charge < -0.3 is 83.3 Å². The van der Waals surface area contributed by atoms with Crippen LogP contribution in [0.15, 0.2) is 153 Å². The Labute approximate surface area is 923 Å². The molecular formula is C94H124BrF2K2LiN20O20. The number of benzene rings is 5. The van der Waals surface area contributed by atoms with Gasteiger partial charge in [0, 0.05) is 70.1 Å². The third kappa shape index (κ3) is 55.1. The molecule has 0 fully saturated rings. The summed E-state index contributed by atoms with van der Waals surface area (Å²) in [6, 6.07) is 26.5. The molecule has 46 heteroatoms. The van der Waals surface area contributed by atoms with Crippen molar-refractivity contribution in [1.82, 2.24) is 49.8 Å². The Morgan fingerprint density at radius 1 is 0.436 bits per heavy atom. The number of amides is 4. The molecule has 14 N–H and O–H groups in total. The Kier molecular flexibility index (Phi) is 63.2. The Morgan fingerprint density at radius 3 is 0.964 bits per heavy atom. The maximum Gasteiger partial charge on any atom is 1.00 e.